The zero-order chi connectivity index (χ0) is 16.7. The molecule has 4 rings (SSSR count). The number of rotatable bonds is 3. The molecule has 1 aromatic heterocycles. The van der Waals surface area contributed by atoms with Crippen LogP contribution in [0.5, 0.6) is 0 Å². The summed E-state index contributed by atoms with van der Waals surface area (Å²) < 4.78 is 2.43. The molecule has 24 heavy (non-hydrogen) atoms. The van der Waals surface area contributed by atoms with Gasteiger partial charge in [0, 0.05) is 10.7 Å². The Morgan fingerprint density at radius 3 is 2.54 bits per heavy atom. The van der Waals surface area contributed by atoms with Crippen LogP contribution in [-0.2, 0) is 13.1 Å². The van der Waals surface area contributed by atoms with Crippen LogP contribution in [0, 0.1) is 0 Å². The van der Waals surface area contributed by atoms with Crippen molar-refractivity contribution in [1.29, 1.82) is 0 Å². The summed E-state index contributed by atoms with van der Waals surface area (Å²) in [7, 11) is 0. The fraction of sp³-hybridized carbons (Fsp3) is 0.118. The highest BCUT2D eigenvalue weighted by atomic mass is 35.5. The number of aromatic nitrogens is 3. The summed E-state index contributed by atoms with van der Waals surface area (Å²) >= 11 is 5.98. The maximum atomic E-state index is 12.6. The summed E-state index contributed by atoms with van der Waals surface area (Å²) in [6.45, 7) is 0.584. The normalized spacial score (nSPS) is 13.4. The van der Waals surface area contributed by atoms with E-state index >= 15 is 0 Å². The molecule has 7 heteroatoms. The quantitative estimate of drug-likeness (QED) is 0.736. The van der Waals surface area contributed by atoms with E-state index in [1.807, 2.05) is 30.3 Å². The van der Waals surface area contributed by atoms with Crippen LogP contribution >= 0.6 is 11.6 Å². The smallest absolute Gasteiger partial charge is 0.286 e. The fourth-order valence-corrected chi connectivity index (χ4v) is 2.97. The van der Waals surface area contributed by atoms with Crippen molar-refractivity contribution in [3.63, 3.8) is 0 Å². The van der Waals surface area contributed by atoms with Gasteiger partial charge in [0.2, 0.25) is 0 Å². The summed E-state index contributed by atoms with van der Waals surface area (Å²) in [5.41, 5.74) is 1.17. The number of carbonyl (C=O) groups is 1. The summed E-state index contributed by atoms with van der Waals surface area (Å²) in [4.78, 5) is 26.6. The molecule has 1 aliphatic heterocycles. The molecule has 2 heterocycles. The van der Waals surface area contributed by atoms with Gasteiger partial charge in [-0.2, -0.15) is 9.67 Å². The Hall–Kier alpha value is -2.86. The number of halogens is 1. The Morgan fingerprint density at radius 1 is 1.04 bits per heavy atom. The molecule has 0 N–H and O–H groups in total. The topological polar surface area (TPSA) is 60.1 Å². The fourth-order valence-electron chi connectivity index (χ4n) is 2.78. The number of hydrogen-bond donors (Lipinski definition) is 0. The second-order valence-electron chi connectivity index (χ2n) is 5.53. The average molecular weight is 341 g/mol. The highest BCUT2D eigenvalue weighted by Crippen LogP contribution is 2.24. The van der Waals surface area contributed by atoms with Gasteiger partial charge >= 0.3 is 11.7 Å². The van der Waals surface area contributed by atoms with Crippen molar-refractivity contribution in [3.8, 4) is 0 Å². The summed E-state index contributed by atoms with van der Waals surface area (Å²) in [6, 6.07) is 16.1. The molecule has 0 aliphatic carbocycles. The second kappa shape index (κ2) is 5.65. The van der Waals surface area contributed by atoms with Crippen LogP contribution < -0.4 is 10.6 Å². The van der Waals surface area contributed by atoms with E-state index in [4.69, 9.17) is 11.6 Å². The lowest BCUT2D eigenvalue weighted by molar-refractivity contribution is 0.250. The molecule has 1 aliphatic rings. The SMILES string of the molecule is O=C1N(c2cccc(Cl)c2)Cc2nn(Cc3ccccc3)c(=O)n21. The molecule has 0 fully saturated rings. The Morgan fingerprint density at radius 2 is 1.83 bits per heavy atom. The minimum absolute atomic E-state index is 0.246. The van der Waals surface area contributed by atoms with Gasteiger partial charge in [-0.05, 0) is 23.8 Å². The van der Waals surface area contributed by atoms with Crippen LogP contribution in [0.4, 0.5) is 10.5 Å². The van der Waals surface area contributed by atoms with Gasteiger partial charge in [-0.25, -0.2) is 14.3 Å². The van der Waals surface area contributed by atoms with Crippen molar-refractivity contribution < 1.29 is 4.79 Å². The molecular formula is C17H13ClN4O2. The molecule has 0 unspecified atom stereocenters. The lowest BCUT2D eigenvalue weighted by Gasteiger charge is -2.14. The Labute approximate surface area is 142 Å². The van der Waals surface area contributed by atoms with Crippen LogP contribution in [0.15, 0.2) is 59.4 Å². The van der Waals surface area contributed by atoms with Gasteiger partial charge in [0.05, 0.1) is 13.1 Å². The van der Waals surface area contributed by atoms with E-state index < -0.39 is 11.7 Å². The van der Waals surface area contributed by atoms with Crippen LogP contribution in [0.25, 0.3) is 0 Å². The molecule has 0 atom stereocenters. The maximum Gasteiger partial charge on any atom is 0.354 e. The van der Waals surface area contributed by atoms with Crippen molar-refractivity contribution in [2.75, 3.05) is 4.90 Å². The lowest BCUT2D eigenvalue weighted by atomic mass is 10.2. The Balaban J connectivity index is 1.66. The Kier molecular flexibility index (Phi) is 3.46. The molecule has 1 amide bonds. The average Bonchev–Trinajstić information content (AvgIpc) is 3.06. The van der Waals surface area contributed by atoms with E-state index in [-0.39, 0.29) is 6.54 Å². The van der Waals surface area contributed by atoms with Gasteiger partial charge in [0.15, 0.2) is 5.82 Å². The van der Waals surface area contributed by atoms with Crippen LogP contribution in [-0.4, -0.2) is 20.4 Å². The van der Waals surface area contributed by atoms with E-state index in [2.05, 4.69) is 5.10 Å². The first kappa shape index (κ1) is 14.7. The number of carbonyl (C=O) groups excluding carboxylic acids is 1. The van der Waals surface area contributed by atoms with E-state index in [1.165, 1.54) is 9.58 Å². The molecule has 0 bridgehead atoms. The molecular weight excluding hydrogens is 328 g/mol. The van der Waals surface area contributed by atoms with Crippen molar-refractivity contribution in [2.24, 2.45) is 0 Å². The van der Waals surface area contributed by atoms with Crippen LogP contribution in [0.3, 0.4) is 0 Å². The highest BCUT2D eigenvalue weighted by molar-refractivity contribution is 6.30. The summed E-state index contributed by atoms with van der Waals surface area (Å²) in [5.74, 6) is 0.431. The number of benzene rings is 2. The summed E-state index contributed by atoms with van der Waals surface area (Å²) in [5, 5.41) is 4.84. The first-order chi connectivity index (χ1) is 11.6. The number of hydrogen-bond acceptors (Lipinski definition) is 3. The minimum atomic E-state index is -0.427. The van der Waals surface area contributed by atoms with Gasteiger partial charge in [0.25, 0.3) is 0 Å². The number of anilines is 1. The van der Waals surface area contributed by atoms with Crippen molar-refractivity contribution in [1.82, 2.24) is 14.3 Å². The number of amides is 1. The summed E-state index contributed by atoms with van der Waals surface area (Å²) in [6.07, 6.45) is 0. The molecule has 2 aromatic carbocycles. The standard InChI is InChI=1S/C17H13ClN4O2/c18-13-7-4-8-14(9-13)20-11-15-19-21(17(24)22(15)16(20)23)10-12-5-2-1-3-6-12/h1-9H,10-11H2. The second-order valence-corrected chi connectivity index (χ2v) is 5.96. The van der Waals surface area contributed by atoms with E-state index in [0.717, 1.165) is 10.1 Å². The minimum Gasteiger partial charge on any atom is -0.286 e. The molecule has 0 saturated heterocycles. The molecule has 0 radical (unpaired) electrons. The third-order valence-corrected chi connectivity index (χ3v) is 4.16. The predicted octanol–water partition coefficient (Wildman–Crippen LogP) is 2.73. The van der Waals surface area contributed by atoms with Gasteiger partial charge in [-0.15, -0.1) is 0 Å². The first-order valence-electron chi connectivity index (χ1n) is 7.43. The van der Waals surface area contributed by atoms with E-state index in [9.17, 15) is 9.59 Å². The third-order valence-electron chi connectivity index (χ3n) is 3.92. The molecule has 0 saturated carbocycles. The van der Waals surface area contributed by atoms with Gasteiger partial charge in [-0.3, -0.25) is 4.90 Å². The van der Waals surface area contributed by atoms with E-state index in [1.54, 1.807) is 24.3 Å². The van der Waals surface area contributed by atoms with Gasteiger partial charge in [0.1, 0.15) is 0 Å². The van der Waals surface area contributed by atoms with Crippen molar-refractivity contribution in [2.45, 2.75) is 13.1 Å². The lowest BCUT2D eigenvalue weighted by Crippen LogP contribution is -2.35. The van der Waals surface area contributed by atoms with Crippen LogP contribution in [0.2, 0.25) is 5.02 Å². The third kappa shape index (κ3) is 2.41. The molecule has 3 aromatic rings. The molecule has 120 valence electrons. The van der Waals surface area contributed by atoms with E-state index in [0.29, 0.717) is 23.1 Å². The van der Waals surface area contributed by atoms with Crippen molar-refractivity contribution in [3.05, 3.63) is 81.5 Å². The first-order valence-corrected chi connectivity index (χ1v) is 7.81. The Bertz CT molecular complexity index is 978. The molecule has 6 nitrogen and oxygen atoms in total. The maximum absolute atomic E-state index is 12.6. The van der Waals surface area contributed by atoms with Gasteiger partial charge in [-0.1, -0.05) is 48.0 Å². The zero-order valence-corrected chi connectivity index (χ0v) is 13.3. The van der Waals surface area contributed by atoms with Gasteiger partial charge < -0.3 is 0 Å². The van der Waals surface area contributed by atoms with Crippen molar-refractivity contribution >= 4 is 23.3 Å². The number of nitrogens with zero attached hydrogens (tertiary/aromatic N) is 4. The highest BCUT2D eigenvalue weighted by Gasteiger charge is 2.33. The van der Waals surface area contributed by atoms with Crippen LogP contribution in [0.1, 0.15) is 11.4 Å². The molecule has 0 spiro atoms. The largest absolute Gasteiger partial charge is 0.354 e. The zero-order valence-electron chi connectivity index (χ0n) is 12.6. The number of fused-ring (bicyclic) bond motifs is 1. The predicted molar refractivity (Wildman–Crippen MR) is 90.5 cm³/mol. The monoisotopic (exact) mass is 340 g/mol.